The number of hydrogen-bond donors (Lipinski definition) is 2. The molecule has 0 spiro atoms. The van der Waals surface area contributed by atoms with Crippen LogP contribution in [0.4, 0.5) is 9.18 Å². The molecule has 180 valence electrons. The number of hydrogen-bond acceptors (Lipinski definition) is 4. The minimum Gasteiger partial charge on any atom is -0.465 e. The van der Waals surface area contributed by atoms with E-state index in [1.807, 2.05) is 18.2 Å². The molecule has 4 unspecified atom stereocenters. The average molecular weight is 467 g/mol. The number of rotatable bonds is 3. The minimum atomic E-state index is -1.33. The summed E-state index contributed by atoms with van der Waals surface area (Å²) in [7, 11) is 0. The van der Waals surface area contributed by atoms with Crippen LogP contribution in [0, 0.1) is 35.4 Å². The Bertz CT molecular complexity index is 1050. The first-order chi connectivity index (χ1) is 16.3. The predicted octanol–water partition coefficient (Wildman–Crippen LogP) is 5.53. The molecule has 6 atom stereocenters. The molecule has 3 fully saturated rings. The number of halogens is 1. The number of nitrogens with two attached hydrogens (primary N) is 1. The topological polar surface area (TPSA) is 103 Å². The summed E-state index contributed by atoms with van der Waals surface area (Å²) in [6, 6.07) is 10.5. The first kappa shape index (κ1) is 23.9. The number of pyridine rings is 1. The molecule has 3 aliphatic rings. The highest BCUT2D eigenvalue weighted by Gasteiger charge is 2.53. The first-order valence-corrected chi connectivity index (χ1v) is 11.9. The lowest BCUT2D eigenvalue weighted by Gasteiger charge is -2.45. The van der Waals surface area contributed by atoms with Crippen LogP contribution in [0.3, 0.4) is 0 Å². The molecule has 2 heterocycles. The van der Waals surface area contributed by atoms with Crippen molar-refractivity contribution in [1.82, 2.24) is 4.98 Å². The third-order valence-corrected chi connectivity index (χ3v) is 7.51. The molecule has 6 nitrogen and oxygen atoms in total. The van der Waals surface area contributed by atoms with Gasteiger partial charge in [0.25, 0.3) is 0 Å². The molecule has 7 heteroatoms. The summed E-state index contributed by atoms with van der Waals surface area (Å²) in [6.07, 6.45) is 10.9. The van der Waals surface area contributed by atoms with Gasteiger partial charge in [-0.1, -0.05) is 43.5 Å². The molecule has 1 amide bonds. The normalized spacial score (nSPS) is 30.0. The zero-order valence-corrected chi connectivity index (χ0v) is 19.3. The Balaban J connectivity index is 0.000000636. The fourth-order valence-corrected chi connectivity index (χ4v) is 6.14. The summed E-state index contributed by atoms with van der Waals surface area (Å²) < 4.78 is 19.1. The van der Waals surface area contributed by atoms with Gasteiger partial charge in [-0.15, -0.1) is 0 Å². The summed E-state index contributed by atoms with van der Waals surface area (Å²) >= 11 is 0. The predicted molar refractivity (Wildman–Crippen MR) is 127 cm³/mol. The monoisotopic (exact) mass is 466 g/mol. The number of aromatic nitrogens is 1. The van der Waals surface area contributed by atoms with Crippen LogP contribution >= 0.6 is 0 Å². The second-order valence-corrected chi connectivity index (χ2v) is 9.53. The Morgan fingerprint density at radius 2 is 1.97 bits per heavy atom. The molecule has 0 bridgehead atoms. The SMILES string of the molecule is CC1OC(=O)C2CC3CCCC[C@H]3C(/C=C/c3ccc(-c4cccc(F)c4)cn3)[C@@H]12.NC(=O)O. The van der Waals surface area contributed by atoms with Crippen molar-refractivity contribution in [3.63, 3.8) is 0 Å². The number of benzene rings is 1. The standard InChI is InChI=1S/C26H28FNO2.CH3NO2/c1-16-25-23(22-8-3-2-5-18(22)14-24(25)26(29)30-16)12-11-21-10-9-19(15-28-21)17-6-4-7-20(27)13-17;2-1(3)4/h4,6-7,9-13,15-16,18,22-25H,2-3,5,8,14H2,1H3;2H2,(H,3,4)/b12-11+;/t16?,18?,22-,23?,24?,25-;/m1./s1. The number of ether oxygens (including phenoxy) is 1. The third-order valence-electron chi connectivity index (χ3n) is 7.51. The highest BCUT2D eigenvalue weighted by molar-refractivity contribution is 5.75. The van der Waals surface area contributed by atoms with Gasteiger partial charge in [0.05, 0.1) is 11.6 Å². The largest absolute Gasteiger partial charge is 0.465 e. The lowest BCUT2D eigenvalue weighted by molar-refractivity contribution is -0.144. The number of carbonyl (C=O) groups is 2. The summed E-state index contributed by atoms with van der Waals surface area (Å²) in [4.78, 5) is 25.8. The van der Waals surface area contributed by atoms with Gasteiger partial charge in [0.15, 0.2) is 0 Å². The first-order valence-electron chi connectivity index (χ1n) is 11.9. The van der Waals surface area contributed by atoms with Crippen LogP contribution in [0.5, 0.6) is 0 Å². The maximum atomic E-state index is 13.5. The molecule has 34 heavy (non-hydrogen) atoms. The zero-order valence-electron chi connectivity index (χ0n) is 19.3. The van der Waals surface area contributed by atoms with Gasteiger partial charge in [-0.05, 0) is 67.4 Å². The second-order valence-electron chi connectivity index (χ2n) is 9.53. The lowest BCUT2D eigenvalue weighted by Crippen LogP contribution is -2.42. The number of primary amides is 1. The summed E-state index contributed by atoms with van der Waals surface area (Å²) in [5.74, 6) is 1.73. The number of fused-ring (bicyclic) bond motifs is 2. The van der Waals surface area contributed by atoms with Crippen molar-refractivity contribution in [2.45, 2.75) is 45.1 Å². The number of carbonyl (C=O) groups excluding carboxylic acids is 1. The highest BCUT2D eigenvalue weighted by Crippen LogP contribution is 2.53. The van der Waals surface area contributed by atoms with Gasteiger partial charge in [0.1, 0.15) is 11.9 Å². The van der Waals surface area contributed by atoms with Crippen molar-refractivity contribution < 1.29 is 23.8 Å². The molecular weight excluding hydrogens is 435 g/mol. The van der Waals surface area contributed by atoms with Crippen molar-refractivity contribution >= 4 is 18.1 Å². The fourth-order valence-electron chi connectivity index (χ4n) is 6.14. The van der Waals surface area contributed by atoms with E-state index < -0.39 is 6.09 Å². The van der Waals surface area contributed by atoms with Crippen LogP contribution < -0.4 is 5.73 Å². The molecule has 2 aliphatic carbocycles. The van der Waals surface area contributed by atoms with E-state index in [-0.39, 0.29) is 29.7 Å². The fraction of sp³-hybridized carbons (Fsp3) is 0.444. The Kier molecular flexibility index (Phi) is 7.29. The zero-order chi connectivity index (χ0) is 24.2. The van der Waals surface area contributed by atoms with E-state index in [1.54, 1.807) is 12.3 Å². The van der Waals surface area contributed by atoms with Gasteiger partial charge in [0, 0.05) is 17.7 Å². The maximum Gasteiger partial charge on any atom is 0.402 e. The average Bonchev–Trinajstić information content (AvgIpc) is 3.10. The van der Waals surface area contributed by atoms with Crippen molar-refractivity contribution in [1.29, 1.82) is 0 Å². The third kappa shape index (κ3) is 5.29. The Morgan fingerprint density at radius 1 is 1.21 bits per heavy atom. The van der Waals surface area contributed by atoms with E-state index in [1.165, 1.54) is 37.8 Å². The molecule has 0 radical (unpaired) electrons. The molecule has 1 aromatic heterocycles. The van der Waals surface area contributed by atoms with Crippen LogP contribution in [0.1, 0.15) is 44.7 Å². The van der Waals surface area contributed by atoms with Gasteiger partial charge in [0.2, 0.25) is 0 Å². The van der Waals surface area contributed by atoms with Crippen LogP contribution in [0.25, 0.3) is 17.2 Å². The molecule has 3 N–H and O–H groups in total. The van der Waals surface area contributed by atoms with Crippen molar-refractivity contribution in [3.8, 4) is 11.1 Å². The van der Waals surface area contributed by atoms with E-state index in [2.05, 4.69) is 29.8 Å². The quantitative estimate of drug-likeness (QED) is 0.579. The number of allylic oxidation sites excluding steroid dienone is 1. The van der Waals surface area contributed by atoms with E-state index in [9.17, 15) is 9.18 Å². The number of carboxylic acid groups (broad SMARTS) is 1. The van der Waals surface area contributed by atoms with E-state index in [0.717, 1.165) is 23.2 Å². The van der Waals surface area contributed by atoms with Crippen LogP contribution in [0.2, 0.25) is 0 Å². The van der Waals surface area contributed by atoms with Gasteiger partial charge in [-0.2, -0.15) is 0 Å². The van der Waals surface area contributed by atoms with Gasteiger partial charge < -0.3 is 15.6 Å². The minimum absolute atomic E-state index is 0.00694. The van der Waals surface area contributed by atoms with Crippen LogP contribution in [0.15, 0.2) is 48.7 Å². The maximum absolute atomic E-state index is 13.5. The molecule has 2 saturated carbocycles. The number of nitrogens with zero attached hydrogens (tertiary/aromatic N) is 1. The summed E-state index contributed by atoms with van der Waals surface area (Å²) in [5.41, 5.74) is 6.65. The smallest absolute Gasteiger partial charge is 0.402 e. The molecule has 1 aliphatic heterocycles. The van der Waals surface area contributed by atoms with E-state index in [0.29, 0.717) is 17.8 Å². The molecular formula is C27H31FN2O4. The Labute approximate surface area is 199 Å². The van der Waals surface area contributed by atoms with E-state index >= 15 is 0 Å². The summed E-state index contributed by atoms with van der Waals surface area (Å²) in [5, 5.41) is 7.19. The van der Waals surface area contributed by atoms with Crippen molar-refractivity contribution in [2.24, 2.45) is 35.3 Å². The molecule has 5 rings (SSSR count). The van der Waals surface area contributed by atoms with E-state index in [4.69, 9.17) is 14.6 Å². The Hall–Kier alpha value is -3.22. The second kappa shape index (κ2) is 10.4. The molecule has 1 saturated heterocycles. The van der Waals surface area contributed by atoms with Crippen LogP contribution in [-0.2, 0) is 9.53 Å². The van der Waals surface area contributed by atoms with Gasteiger partial charge in [-0.3, -0.25) is 9.78 Å². The van der Waals surface area contributed by atoms with Crippen molar-refractivity contribution in [2.75, 3.05) is 0 Å². The van der Waals surface area contributed by atoms with Crippen molar-refractivity contribution in [3.05, 3.63) is 60.2 Å². The van der Waals surface area contributed by atoms with Gasteiger partial charge in [-0.25, -0.2) is 9.18 Å². The summed E-state index contributed by atoms with van der Waals surface area (Å²) in [6.45, 7) is 2.05. The van der Waals surface area contributed by atoms with Gasteiger partial charge >= 0.3 is 12.1 Å². The number of esters is 1. The Morgan fingerprint density at radius 3 is 2.68 bits per heavy atom. The highest BCUT2D eigenvalue weighted by atomic mass is 19.1. The van der Waals surface area contributed by atoms with Crippen LogP contribution in [-0.4, -0.2) is 28.3 Å². The lowest BCUT2D eigenvalue weighted by atomic mass is 9.57. The molecule has 1 aromatic carbocycles. The number of cyclic esters (lactones) is 1. The number of amides is 1. The molecule has 2 aromatic rings.